The summed E-state index contributed by atoms with van der Waals surface area (Å²) < 4.78 is 21.4. The zero-order chi connectivity index (χ0) is 21.2. The molecule has 0 radical (unpaired) electrons. The Morgan fingerprint density at radius 1 is 1.07 bits per heavy atom. The van der Waals surface area contributed by atoms with Crippen LogP contribution < -0.4 is 5.32 Å². The van der Waals surface area contributed by atoms with Crippen LogP contribution in [0.2, 0.25) is 0 Å². The maximum absolute atomic E-state index is 11.6. The average molecular weight is 409 g/mol. The Balaban J connectivity index is 2.29. The number of amides is 1. The lowest BCUT2D eigenvalue weighted by molar-refractivity contribution is -0.333. The Kier molecular flexibility index (Phi) is 7.70. The number of methoxy groups -OCH3 is 1. The number of aliphatic hydroxyl groups excluding tert-OH is 4. The van der Waals surface area contributed by atoms with Crippen LogP contribution >= 0.6 is 0 Å². The molecule has 28 heavy (non-hydrogen) atoms. The average Bonchev–Trinajstić information content (AvgIpc) is 2.64. The van der Waals surface area contributed by atoms with Crippen molar-refractivity contribution in [2.45, 2.75) is 69.1 Å². The first kappa shape index (κ1) is 22.9. The minimum atomic E-state index is -1.63. The predicted octanol–water partition coefficient (Wildman–Crippen LogP) is -3.23. The van der Waals surface area contributed by atoms with Crippen molar-refractivity contribution < 1.29 is 54.1 Å². The minimum absolute atomic E-state index is 0.499. The second-order valence-corrected chi connectivity index (χ2v) is 6.88. The number of carbonyl (C=O) groups excluding carboxylic acids is 1. The Bertz CT molecular complexity index is 561. The van der Waals surface area contributed by atoms with Gasteiger partial charge in [-0.05, 0) is 0 Å². The number of hydrogen-bond acceptors (Lipinski definition) is 10. The highest BCUT2D eigenvalue weighted by Crippen LogP contribution is 2.31. The van der Waals surface area contributed by atoms with Crippen LogP contribution in [0.25, 0.3) is 0 Å². The molecule has 0 aliphatic carbocycles. The van der Waals surface area contributed by atoms with Crippen LogP contribution in [0.4, 0.5) is 0 Å². The lowest BCUT2D eigenvalue weighted by Gasteiger charge is -2.47. The molecular weight excluding hydrogens is 382 g/mol. The fraction of sp³-hybridized carbons (Fsp3) is 0.875. The number of ether oxygens (including phenoxy) is 4. The second kappa shape index (κ2) is 9.41. The van der Waals surface area contributed by atoms with Crippen molar-refractivity contribution >= 4 is 11.9 Å². The maximum Gasteiger partial charge on any atom is 0.333 e. The normalized spacial score (nSPS) is 44.1. The molecule has 162 valence electrons. The van der Waals surface area contributed by atoms with Crippen LogP contribution in [0.1, 0.15) is 13.8 Å². The Morgan fingerprint density at radius 3 is 2.21 bits per heavy atom. The molecular formula is C16H27NO11. The highest BCUT2D eigenvalue weighted by Gasteiger charge is 2.51. The van der Waals surface area contributed by atoms with Crippen molar-refractivity contribution in [3.05, 3.63) is 0 Å². The van der Waals surface area contributed by atoms with Gasteiger partial charge < -0.3 is 49.8 Å². The monoisotopic (exact) mass is 409 g/mol. The summed E-state index contributed by atoms with van der Waals surface area (Å²) in [5.41, 5.74) is 0. The van der Waals surface area contributed by atoms with Gasteiger partial charge in [0.1, 0.15) is 30.5 Å². The third kappa shape index (κ3) is 4.60. The Labute approximate surface area is 160 Å². The van der Waals surface area contributed by atoms with Crippen LogP contribution in [-0.4, -0.2) is 106 Å². The number of carboxylic acids is 1. The summed E-state index contributed by atoms with van der Waals surface area (Å²) in [5, 5.41) is 52.1. The quantitative estimate of drug-likeness (QED) is 0.259. The van der Waals surface area contributed by atoms with E-state index in [9.17, 15) is 35.1 Å². The molecule has 2 heterocycles. The van der Waals surface area contributed by atoms with Gasteiger partial charge >= 0.3 is 5.97 Å². The lowest BCUT2D eigenvalue weighted by Crippen LogP contribution is -2.67. The molecule has 0 aromatic heterocycles. The Morgan fingerprint density at radius 2 is 1.71 bits per heavy atom. The number of carboxylic acid groups (broad SMARTS) is 1. The van der Waals surface area contributed by atoms with Crippen LogP contribution in [0.3, 0.4) is 0 Å². The zero-order valence-corrected chi connectivity index (χ0v) is 15.7. The topological polar surface area (TPSA) is 184 Å². The summed E-state index contributed by atoms with van der Waals surface area (Å²) in [4.78, 5) is 22.9. The molecule has 2 saturated heterocycles. The smallest absolute Gasteiger partial charge is 0.333 e. The molecule has 2 rings (SSSR count). The number of rotatable bonds is 6. The van der Waals surface area contributed by atoms with Crippen LogP contribution in [0.15, 0.2) is 0 Å². The lowest BCUT2D eigenvalue weighted by atomic mass is 9.90. The highest BCUT2D eigenvalue weighted by molar-refractivity contribution is 5.73. The molecule has 2 aliphatic heterocycles. The van der Waals surface area contributed by atoms with E-state index in [1.165, 1.54) is 21.0 Å². The van der Waals surface area contributed by atoms with Gasteiger partial charge in [-0.15, -0.1) is 0 Å². The SMILES string of the molecule is CO[C@@H]1O[C@H](CO)[C@H](O)[C@H](O[C@@H]2O[C@@H](C(=O)O)[C@@H](C)[C@H](O)[C@H]2O)[C@H]1NC(C)=O. The fourth-order valence-electron chi connectivity index (χ4n) is 3.37. The van der Waals surface area contributed by atoms with Crippen molar-refractivity contribution in [2.24, 2.45) is 5.92 Å². The summed E-state index contributed by atoms with van der Waals surface area (Å²) in [6.07, 6.45) is -11.2. The van der Waals surface area contributed by atoms with E-state index in [0.29, 0.717) is 0 Å². The molecule has 6 N–H and O–H groups in total. The third-order valence-electron chi connectivity index (χ3n) is 4.92. The molecule has 0 spiro atoms. The van der Waals surface area contributed by atoms with Gasteiger partial charge in [-0.1, -0.05) is 6.92 Å². The molecule has 0 unspecified atom stereocenters. The fourth-order valence-corrected chi connectivity index (χ4v) is 3.37. The van der Waals surface area contributed by atoms with Gasteiger partial charge in [-0.25, -0.2) is 4.79 Å². The Hall–Kier alpha value is -1.38. The first-order chi connectivity index (χ1) is 13.1. The molecule has 10 atom stereocenters. The molecule has 0 bridgehead atoms. The highest BCUT2D eigenvalue weighted by atomic mass is 16.7. The zero-order valence-electron chi connectivity index (χ0n) is 15.7. The molecule has 2 fully saturated rings. The minimum Gasteiger partial charge on any atom is -0.479 e. The summed E-state index contributed by atoms with van der Waals surface area (Å²) in [7, 11) is 1.28. The van der Waals surface area contributed by atoms with Gasteiger partial charge in [0.05, 0.1) is 12.7 Å². The summed E-state index contributed by atoms with van der Waals surface area (Å²) in [5.74, 6) is -2.78. The number of nitrogens with one attached hydrogen (secondary N) is 1. The van der Waals surface area contributed by atoms with Gasteiger partial charge in [0, 0.05) is 20.0 Å². The third-order valence-corrected chi connectivity index (χ3v) is 4.92. The molecule has 12 heteroatoms. The number of carbonyl (C=O) groups is 2. The van der Waals surface area contributed by atoms with Gasteiger partial charge in [0.2, 0.25) is 5.91 Å². The van der Waals surface area contributed by atoms with Crippen molar-refractivity contribution in [3.8, 4) is 0 Å². The molecule has 0 aromatic carbocycles. The standard InChI is InChI=1S/C16H27NO11/c1-5-9(20)11(22)16(27-12(5)14(23)24)28-13-8(17-6(2)19)15(25-3)26-7(4-18)10(13)21/h5,7-13,15-16,18,20-22H,4H2,1-3H3,(H,17,19)(H,23,24)/t5-,7+,8+,9-,10-,11+,12+,13+,15+,16-/m0/s1. The van der Waals surface area contributed by atoms with E-state index in [-0.39, 0.29) is 0 Å². The number of aliphatic carboxylic acids is 1. The summed E-state index contributed by atoms with van der Waals surface area (Å²) >= 11 is 0. The van der Waals surface area contributed by atoms with Gasteiger partial charge in [0.25, 0.3) is 0 Å². The molecule has 12 nitrogen and oxygen atoms in total. The van der Waals surface area contributed by atoms with E-state index in [1.807, 2.05) is 0 Å². The van der Waals surface area contributed by atoms with Gasteiger partial charge in [-0.3, -0.25) is 4.79 Å². The van der Waals surface area contributed by atoms with Gasteiger partial charge in [-0.2, -0.15) is 0 Å². The van der Waals surface area contributed by atoms with Crippen LogP contribution in [0.5, 0.6) is 0 Å². The molecule has 0 saturated carbocycles. The van der Waals surface area contributed by atoms with Gasteiger partial charge in [0.15, 0.2) is 18.7 Å². The van der Waals surface area contributed by atoms with Crippen molar-refractivity contribution in [1.82, 2.24) is 5.32 Å². The maximum atomic E-state index is 11.6. The molecule has 0 aromatic rings. The van der Waals surface area contributed by atoms with E-state index in [1.54, 1.807) is 0 Å². The first-order valence-electron chi connectivity index (χ1n) is 8.76. The molecule has 2 aliphatic rings. The predicted molar refractivity (Wildman–Crippen MR) is 88.7 cm³/mol. The van der Waals surface area contributed by atoms with Crippen molar-refractivity contribution in [3.63, 3.8) is 0 Å². The molecule has 1 amide bonds. The summed E-state index contributed by atoms with van der Waals surface area (Å²) in [6.45, 7) is 2.01. The number of aliphatic hydroxyl groups is 4. The van der Waals surface area contributed by atoms with Crippen molar-refractivity contribution in [2.75, 3.05) is 13.7 Å². The van der Waals surface area contributed by atoms with Crippen LogP contribution in [0, 0.1) is 5.92 Å². The van der Waals surface area contributed by atoms with Crippen LogP contribution in [-0.2, 0) is 28.5 Å². The van der Waals surface area contributed by atoms with E-state index >= 15 is 0 Å². The van der Waals surface area contributed by atoms with E-state index in [4.69, 9.17) is 18.9 Å². The largest absolute Gasteiger partial charge is 0.479 e. The summed E-state index contributed by atoms with van der Waals surface area (Å²) in [6, 6.07) is -1.07. The first-order valence-corrected chi connectivity index (χ1v) is 8.76. The van der Waals surface area contributed by atoms with E-state index < -0.39 is 79.6 Å². The number of hydrogen-bond donors (Lipinski definition) is 6. The van der Waals surface area contributed by atoms with E-state index in [0.717, 1.165) is 0 Å². The van der Waals surface area contributed by atoms with E-state index in [2.05, 4.69) is 5.32 Å². The van der Waals surface area contributed by atoms with Crippen molar-refractivity contribution in [1.29, 1.82) is 0 Å². The second-order valence-electron chi connectivity index (χ2n) is 6.88.